The van der Waals surface area contributed by atoms with Crippen LogP contribution >= 0.6 is 11.6 Å². The van der Waals surface area contributed by atoms with E-state index in [-0.39, 0.29) is 10.7 Å². The maximum Gasteiger partial charge on any atom is 0.288 e. The average Bonchev–Trinajstić information content (AvgIpc) is 2.40. The van der Waals surface area contributed by atoms with Crippen LogP contribution in [0, 0.1) is 17.0 Å². The van der Waals surface area contributed by atoms with Gasteiger partial charge < -0.3 is 5.32 Å². The van der Waals surface area contributed by atoms with Gasteiger partial charge in [-0.15, -0.1) is 0 Å². The van der Waals surface area contributed by atoms with Gasteiger partial charge in [-0.25, -0.2) is 0 Å². The molecule has 0 saturated heterocycles. The van der Waals surface area contributed by atoms with Crippen LogP contribution in [0.1, 0.15) is 16.7 Å². The average molecular weight is 291 g/mol. The summed E-state index contributed by atoms with van der Waals surface area (Å²) in [5, 5.41) is 14.2. The van der Waals surface area contributed by atoms with E-state index < -0.39 is 4.92 Å². The zero-order chi connectivity index (χ0) is 14.5. The highest BCUT2D eigenvalue weighted by atomic mass is 35.5. The van der Waals surface area contributed by atoms with E-state index in [2.05, 4.69) is 11.4 Å². The molecule has 0 bridgehead atoms. The van der Waals surface area contributed by atoms with Crippen LogP contribution in [-0.4, -0.2) is 4.92 Å². The van der Waals surface area contributed by atoms with E-state index in [1.54, 1.807) is 12.1 Å². The Morgan fingerprint density at radius 2 is 1.85 bits per heavy atom. The van der Waals surface area contributed by atoms with Crippen molar-refractivity contribution in [3.05, 3.63) is 74.3 Å². The highest BCUT2D eigenvalue weighted by molar-refractivity contribution is 6.32. The number of nitro groups is 1. The number of rotatable bonds is 5. The van der Waals surface area contributed by atoms with Gasteiger partial charge in [-0.2, -0.15) is 0 Å². The fourth-order valence-corrected chi connectivity index (χ4v) is 2.17. The van der Waals surface area contributed by atoms with E-state index >= 15 is 0 Å². The Labute approximate surface area is 122 Å². The van der Waals surface area contributed by atoms with E-state index in [1.165, 1.54) is 17.2 Å². The Kier molecular flexibility index (Phi) is 4.71. The number of nitrogens with one attached hydrogen (secondary N) is 1. The fourth-order valence-electron chi connectivity index (χ4n) is 1.98. The first-order valence-electron chi connectivity index (χ1n) is 6.25. The summed E-state index contributed by atoms with van der Waals surface area (Å²) in [5.41, 5.74) is 3.19. The van der Waals surface area contributed by atoms with Gasteiger partial charge in [-0.05, 0) is 24.1 Å². The molecule has 0 aliphatic carbocycles. The SMILES string of the molecule is Cc1cccc(CNCc2ccc(Cl)c([N+](=O)[O-])c2)c1. The molecular weight excluding hydrogens is 276 g/mol. The molecule has 4 nitrogen and oxygen atoms in total. The maximum absolute atomic E-state index is 10.8. The summed E-state index contributed by atoms with van der Waals surface area (Å²) in [6.45, 7) is 3.33. The quantitative estimate of drug-likeness (QED) is 0.672. The van der Waals surface area contributed by atoms with Crippen molar-refractivity contribution >= 4 is 17.3 Å². The molecule has 104 valence electrons. The number of nitrogens with zero attached hydrogens (tertiary/aromatic N) is 1. The van der Waals surface area contributed by atoms with Crippen LogP contribution in [0.3, 0.4) is 0 Å². The second-order valence-corrected chi connectivity index (χ2v) is 5.04. The summed E-state index contributed by atoms with van der Waals surface area (Å²) in [4.78, 5) is 10.3. The smallest absolute Gasteiger partial charge is 0.288 e. The van der Waals surface area contributed by atoms with Gasteiger partial charge in [0, 0.05) is 19.2 Å². The Balaban J connectivity index is 1.97. The second-order valence-electron chi connectivity index (χ2n) is 4.64. The van der Waals surface area contributed by atoms with E-state index in [0.717, 1.165) is 12.1 Å². The van der Waals surface area contributed by atoms with Gasteiger partial charge in [-0.1, -0.05) is 47.5 Å². The molecule has 20 heavy (non-hydrogen) atoms. The number of hydrogen-bond donors (Lipinski definition) is 1. The predicted octanol–water partition coefficient (Wildman–Crippen LogP) is 3.85. The molecule has 0 atom stereocenters. The molecule has 2 rings (SSSR count). The number of nitro benzene ring substituents is 1. The molecule has 0 aliphatic heterocycles. The third-order valence-electron chi connectivity index (χ3n) is 2.95. The predicted molar refractivity (Wildman–Crippen MR) is 79.8 cm³/mol. The Bertz CT molecular complexity index is 629. The summed E-state index contributed by atoms with van der Waals surface area (Å²) < 4.78 is 0. The van der Waals surface area contributed by atoms with E-state index in [1.807, 2.05) is 25.1 Å². The highest BCUT2D eigenvalue weighted by Gasteiger charge is 2.12. The lowest BCUT2D eigenvalue weighted by Gasteiger charge is -2.06. The van der Waals surface area contributed by atoms with Crippen LogP contribution < -0.4 is 5.32 Å². The van der Waals surface area contributed by atoms with Gasteiger partial charge in [0.05, 0.1) is 4.92 Å². The van der Waals surface area contributed by atoms with Crippen molar-refractivity contribution in [2.45, 2.75) is 20.0 Å². The van der Waals surface area contributed by atoms with Crippen molar-refractivity contribution in [3.8, 4) is 0 Å². The van der Waals surface area contributed by atoms with Crippen LogP contribution in [0.15, 0.2) is 42.5 Å². The fraction of sp³-hybridized carbons (Fsp3) is 0.200. The van der Waals surface area contributed by atoms with Crippen molar-refractivity contribution in [2.75, 3.05) is 0 Å². The maximum atomic E-state index is 10.8. The number of hydrogen-bond acceptors (Lipinski definition) is 3. The zero-order valence-corrected chi connectivity index (χ0v) is 11.9. The van der Waals surface area contributed by atoms with Crippen LogP contribution in [-0.2, 0) is 13.1 Å². The van der Waals surface area contributed by atoms with Gasteiger partial charge in [-0.3, -0.25) is 10.1 Å². The summed E-state index contributed by atoms with van der Waals surface area (Å²) in [5.74, 6) is 0. The third-order valence-corrected chi connectivity index (χ3v) is 3.27. The molecule has 2 aromatic rings. The van der Waals surface area contributed by atoms with Gasteiger partial charge >= 0.3 is 0 Å². The van der Waals surface area contributed by atoms with Gasteiger partial charge in [0.1, 0.15) is 5.02 Å². The molecule has 0 unspecified atom stereocenters. The lowest BCUT2D eigenvalue weighted by Crippen LogP contribution is -2.12. The van der Waals surface area contributed by atoms with Crippen molar-refractivity contribution < 1.29 is 4.92 Å². The lowest BCUT2D eigenvalue weighted by molar-refractivity contribution is -0.384. The largest absolute Gasteiger partial charge is 0.309 e. The lowest BCUT2D eigenvalue weighted by atomic mass is 10.1. The zero-order valence-electron chi connectivity index (χ0n) is 11.1. The minimum Gasteiger partial charge on any atom is -0.309 e. The molecule has 0 heterocycles. The van der Waals surface area contributed by atoms with Gasteiger partial charge in [0.15, 0.2) is 0 Å². The van der Waals surface area contributed by atoms with Crippen LogP contribution in [0.2, 0.25) is 5.02 Å². The molecule has 0 radical (unpaired) electrons. The molecule has 0 saturated carbocycles. The van der Waals surface area contributed by atoms with E-state index in [9.17, 15) is 10.1 Å². The van der Waals surface area contributed by atoms with Gasteiger partial charge in [0.25, 0.3) is 5.69 Å². The number of benzene rings is 2. The topological polar surface area (TPSA) is 55.2 Å². The second kappa shape index (κ2) is 6.50. The van der Waals surface area contributed by atoms with Crippen LogP contribution in [0.25, 0.3) is 0 Å². The summed E-state index contributed by atoms with van der Waals surface area (Å²) in [6, 6.07) is 13.1. The van der Waals surface area contributed by atoms with Gasteiger partial charge in [0.2, 0.25) is 0 Å². The molecule has 0 aromatic heterocycles. The van der Waals surface area contributed by atoms with E-state index in [0.29, 0.717) is 6.54 Å². The van der Waals surface area contributed by atoms with Crippen molar-refractivity contribution in [1.29, 1.82) is 0 Å². The standard InChI is InChI=1S/C15H15ClN2O2/c1-11-3-2-4-12(7-11)9-17-10-13-5-6-14(16)15(8-13)18(19)20/h2-8,17H,9-10H2,1H3. The molecule has 5 heteroatoms. The Morgan fingerprint density at radius 1 is 1.15 bits per heavy atom. The summed E-state index contributed by atoms with van der Waals surface area (Å²) in [6.07, 6.45) is 0. The molecular formula is C15H15ClN2O2. The highest BCUT2D eigenvalue weighted by Crippen LogP contribution is 2.24. The van der Waals surface area contributed by atoms with Crippen LogP contribution in [0.5, 0.6) is 0 Å². The Morgan fingerprint density at radius 3 is 2.50 bits per heavy atom. The third kappa shape index (κ3) is 3.79. The molecule has 2 aromatic carbocycles. The van der Waals surface area contributed by atoms with Crippen molar-refractivity contribution in [2.24, 2.45) is 0 Å². The van der Waals surface area contributed by atoms with E-state index in [4.69, 9.17) is 11.6 Å². The van der Waals surface area contributed by atoms with Crippen LogP contribution in [0.4, 0.5) is 5.69 Å². The normalized spacial score (nSPS) is 10.5. The first-order valence-corrected chi connectivity index (χ1v) is 6.63. The van der Waals surface area contributed by atoms with Crippen molar-refractivity contribution in [3.63, 3.8) is 0 Å². The summed E-state index contributed by atoms with van der Waals surface area (Å²) >= 11 is 5.78. The monoisotopic (exact) mass is 290 g/mol. The number of halogens is 1. The Hall–Kier alpha value is -1.91. The molecule has 1 N–H and O–H groups in total. The molecule has 0 fully saturated rings. The van der Waals surface area contributed by atoms with Crippen molar-refractivity contribution in [1.82, 2.24) is 5.32 Å². The first kappa shape index (κ1) is 14.5. The molecule has 0 amide bonds. The summed E-state index contributed by atoms with van der Waals surface area (Å²) in [7, 11) is 0. The molecule has 0 aliphatic rings. The first-order chi connectivity index (χ1) is 9.56. The minimum atomic E-state index is -0.466. The molecule has 0 spiro atoms. The number of aryl methyl sites for hydroxylation is 1. The minimum absolute atomic E-state index is 0.0541.